The average Bonchev–Trinajstić information content (AvgIpc) is 2.75. The van der Waals surface area contributed by atoms with Crippen molar-refractivity contribution in [3.8, 4) is 5.75 Å². The molecule has 0 aliphatic carbocycles. The number of aromatic nitrogens is 2. The first-order valence-corrected chi connectivity index (χ1v) is 10.2. The van der Waals surface area contributed by atoms with Gasteiger partial charge in [0.25, 0.3) is 0 Å². The zero-order chi connectivity index (χ0) is 22.2. The maximum absolute atomic E-state index is 13.0. The highest BCUT2D eigenvalue weighted by Crippen LogP contribution is 2.32. The Kier molecular flexibility index (Phi) is 7.74. The third kappa shape index (κ3) is 6.63. The summed E-state index contributed by atoms with van der Waals surface area (Å²) in [7, 11) is 1.54. The molecular weight excluding hydrogens is 467 g/mol. The first-order valence-electron chi connectivity index (χ1n) is 9.41. The van der Waals surface area contributed by atoms with Crippen LogP contribution >= 0.6 is 15.9 Å². The van der Waals surface area contributed by atoms with Gasteiger partial charge in [0.1, 0.15) is 17.4 Å². The third-order valence-electron chi connectivity index (χ3n) is 4.34. The largest absolute Gasteiger partial charge is 0.495 e. The number of rotatable bonds is 8. The number of nitrogens with one attached hydrogen (secondary N) is 3. The lowest BCUT2D eigenvalue weighted by molar-refractivity contribution is 0.262. The molecule has 0 saturated heterocycles. The van der Waals surface area contributed by atoms with Gasteiger partial charge >= 0.3 is 6.03 Å². The van der Waals surface area contributed by atoms with Crippen LogP contribution in [-0.4, -0.2) is 29.7 Å². The Morgan fingerprint density at radius 2 is 1.94 bits per heavy atom. The lowest BCUT2D eigenvalue weighted by Crippen LogP contribution is -2.21. The Bertz CT molecular complexity index is 1030. The number of amides is 2. The molecule has 31 heavy (non-hydrogen) atoms. The van der Waals surface area contributed by atoms with Crippen LogP contribution in [0.4, 0.5) is 26.5 Å². The van der Waals surface area contributed by atoms with E-state index in [1.807, 2.05) is 6.07 Å². The second-order valence-corrected chi connectivity index (χ2v) is 7.46. The van der Waals surface area contributed by atoms with Crippen molar-refractivity contribution >= 4 is 39.3 Å². The highest BCUT2D eigenvalue weighted by Gasteiger charge is 2.12. The van der Waals surface area contributed by atoms with Crippen LogP contribution in [0.5, 0.6) is 5.75 Å². The normalized spacial score (nSPS) is 10.5. The average molecular weight is 489 g/mol. The van der Waals surface area contributed by atoms with Crippen LogP contribution in [0.1, 0.15) is 11.1 Å². The number of benzene rings is 2. The highest BCUT2D eigenvalue weighted by atomic mass is 79.9. The van der Waals surface area contributed by atoms with E-state index >= 15 is 0 Å². The Labute approximate surface area is 187 Å². The molecule has 10 heteroatoms. The molecule has 8 nitrogen and oxygen atoms in total. The van der Waals surface area contributed by atoms with Gasteiger partial charge in [-0.25, -0.2) is 19.2 Å². The molecule has 0 aliphatic rings. The Morgan fingerprint density at radius 1 is 1.16 bits per heavy atom. The van der Waals surface area contributed by atoms with Crippen molar-refractivity contribution < 1.29 is 13.9 Å². The topological polar surface area (TPSA) is 114 Å². The van der Waals surface area contributed by atoms with Crippen molar-refractivity contribution in [2.45, 2.75) is 13.0 Å². The molecule has 0 atom stereocenters. The fourth-order valence-corrected chi connectivity index (χ4v) is 3.33. The van der Waals surface area contributed by atoms with Crippen molar-refractivity contribution in [3.63, 3.8) is 0 Å². The quantitative estimate of drug-likeness (QED) is 0.357. The van der Waals surface area contributed by atoms with Crippen LogP contribution in [0.25, 0.3) is 0 Å². The number of nitrogens with two attached hydrogens (primary N) is 1. The van der Waals surface area contributed by atoms with Gasteiger partial charge in [-0.1, -0.05) is 28.1 Å². The second-order valence-electron chi connectivity index (χ2n) is 6.60. The standard InChI is InChI=1S/C21H22BrFN6O2/c1-31-18-8-14(6-7-25-10-13-2-4-15(23)5-3-13)16(22)9-17(18)28-21(30)29-20-12-26-19(24)11-27-20/h2-5,8-9,11-12,25H,6-7,10H2,1H3,(H2,24,26)(H2,27,28,29,30). The molecule has 0 saturated carbocycles. The maximum atomic E-state index is 13.0. The predicted molar refractivity (Wildman–Crippen MR) is 122 cm³/mol. The number of ether oxygens (including phenoxy) is 1. The van der Waals surface area contributed by atoms with Gasteiger partial charge < -0.3 is 21.1 Å². The molecule has 162 valence electrons. The molecule has 0 spiro atoms. The third-order valence-corrected chi connectivity index (χ3v) is 5.08. The smallest absolute Gasteiger partial charge is 0.325 e. The number of halogens is 2. The van der Waals surface area contributed by atoms with E-state index in [-0.39, 0.29) is 17.5 Å². The summed E-state index contributed by atoms with van der Waals surface area (Å²) in [5.74, 6) is 0.812. The highest BCUT2D eigenvalue weighted by molar-refractivity contribution is 9.10. The minimum Gasteiger partial charge on any atom is -0.495 e. The molecule has 0 fully saturated rings. The lowest BCUT2D eigenvalue weighted by atomic mass is 10.1. The Balaban J connectivity index is 1.57. The molecule has 2 amide bonds. The van der Waals surface area contributed by atoms with Gasteiger partial charge in [-0.05, 0) is 48.4 Å². The summed E-state index contributed by atoms with van der Waals surface area (Å²) in [6.45, 7) is 1.35. The van der Waals surface area contributed by atoms with Crippen LogP contribution in [0.2, 0.25) is 0 Å². The van der Waals surface area contributed by atoms with Gasteiger partial charge in [-0.2, -0.15) is 0 Å². The van der Waals surface area contributed by atoms with E-state index in [4.69, 9.17) is 10.5 Å². The fraction of sp³-hybridized carbons (Fsp3) is 0.190. The molecule has 5 N–H and O–H groups in total. The van der Waals surface area contributed by atoms with E-state index in [1.54, 1.807) is 18.2 Å². The second kappa shape index (κ2) is 10.7. The first-order chi connectivity index (χ1) is 14.9. The SMILES string of the molecule is COc1cc(CCNCc2ccc(F)cc2)c(Br)cc1NC(=O)Nc1cnc(N)cn1. The summed E-state index contributed by atoms with van der Waals surface area (Å²) in [5.41, 5.74) is 8.01. The predicted octanol–water partition coefficient (Wildman–Crippen LogP) is 3.95. The van der Waals surface area contributed by atoms with E-state index in [9.17, 15) is 9.18 Å². The van der Waals surface area contributed by atoms with Crippen LogP contribution in [0.3, 0.4) is 0 Å². The number of hydrogen-bond acceptors (Lipinski definition) is 6. The van der Waals surface area contributed by atoms with E-state index in [0.717, 1.165) is 22.0 Å². The molecule has 1 aromatic heterocycles. The van der Waals surface area contributed by atoms with Crippen molar-refractivity contribution in [2.24, 2.45) is 0 Å². The Morgan fingerprint density at radius 3 is 2.61 bits per heavy atom. The molecule has 3 aromatic rings. The van der Waals surface area contributed by atoms with Crippen molar-refractivity contribution in [1.82, 2.24) is 15.3 Å². The number of nitrogen functional groups attached to an aromatic ring is 1. The van der Waals surface area contributed by atoms with Crippen molar-refractivity contribution in [3.05, 3.63) is 70.2 Å². The van der Waals surface area contributed by atoms with Gasteiger partial charge in [-0.15, -0.1) is 0 Å². The lowest BCUT2D eigenvalue weighted by Gasteiger charge is -2.14. The van der Waals surface area contributed by atoms with Gasteiger partial charge in [0, 0.05) is 11.0 Å². The molecule has 1 heterocycles. The molecule has 2 aromatic carbocycles. The monoisotopic (exact) mass is 488 g/mol. The van der Waals surface area contributed by atoms with Crippen molar-refractivity contribution in [1.29, 1.82) is 0 Å². The maximum Gasteiger partial charge on any atom is 0.325 e. The molecule has 0 aliphatic heterocycles. The number of anilines is 3. The molecule has 0 unspecified atom stereocenters. The van der Waals surface area contributed by atoms with Gasteiger partial charge in [0.15, 0.2) is 5.82 Å². The summed E-state index contributed by atoms with van der Waals surface area (Å²) >= 11 is 3.55. The van der Waals surface area contributed by atoms with Gasteiger partial charge in [0.2, 0.25) is 0 Å². The van der Waals surface area contributed by atoms with Crippen molar-refractivity contribution in [2.75, 3.05) is 30.0 Å². The van der Waals surface area contributed by atoms with Crippen LogP contribution in [0.15, 0.2) is 53.3 Å². The van der Waals surface area contributed by atoms with E-state index < -0.39 is 6.03 Å². The van der Waals surface area contributed by atoms with Gasteiger partial charge in [-0.3, -0.25) is 5.32 Å². The number of nitrogens with zero attached hydrogens (tertiary/aromatic N) is 2. The van der Waals surface area contributed by atoms with Gasteiger partial charge in [0.05, 0.1) is 25.2 Å². The number of carbonyl (C=O) groups excluding carboxylic acids is 1. The Hall–Kier alpha value is -3.24. The number of methoxy groups -OCH3 is 1. The summed E-state index contributed by atoms with van der Waals surface area (Å²) in [4.78, 5) is 20.1. The minimum atomic E-state index is -0.488. The first kappa shape index (κ1) is 22.4. The van der Waals surface area contributed by atoms with Crippen LogP contribution in [-0.2, 0) is 13.0 Å². The van der Waals surface area contributed by atoms with Crippen LogP contribution in [0, 0.1) is 5.82 Å². The zero-order valence-electron chi connectivity index (χ0n) is 16.8. The van der Waals surface area contributed by atoms with E-state index in [2.05, 4.69) is 41.8 Å². The zero-order valence-corrected chi connectivity index (χ0v) is 18.4. The molecule has 0 bridgehead atoms. The molecular formula is C21H22BrFN6O2. The number of carbonyl (C=O) groups is 1. The van der Waals surface area contributed by atoms with Crippen LogP contribution < -0.4 is 26.4 Å². The fourth-order valence-electron chi connectivity index (χ4n) is 2.78. The summed E-state index contributed by atoms with van der Waals surface area (Å²) in [6.07, 6.45) is 3.45. The minimum absolute atomic E-state index is 0.247. The van der Waals surface area contributed by atoms with E-state index in [1.165, 1.54) is 31.6 Å². The van der Waals surface area contributed by atoms with E-state index in [0.29, 0.717) is 24.5 Å². The summed E-state index contributed by atoms with van der Waals surface area (Å²) in [5, 5.41) is 8.64. The number of hydrogen-bond donors (Lipinski definition) is 4. The summed E-state index contributed by atoms with van der Waals surface area (Å²) < 4.78 is 19.2. The summed E-state index contributed by atoms with van der Waals surface area (Å²) in [6, 6.07) is 9.55. The molecule has 3 rings (SSSR count). The molecule has 0 radical (unpaired) electrons. The number of urea groups is 1.